The topological polar surface area (TPSA) is 60.2 Å². The van der Waals surface area contributed by atoms with E-state index in [2.05, 4.69) is 15.5 Å². The summed E-state index contributed by atoms with van der Waals surface area (Å²) in [6, 6.07) is 7.98. The smallest absolute Gasteiger partial charge is 0.240 e. The lowest BCUT2D eigenvalue weighted by Gasteiger charge is -2.01. The van der Waals surface area contributed by atoms with Gasteiger partial charge in [-0.25, -0.2) is 0 Å². The fourth-order valence-electron chi connectivity index (χ4n) is 2.09. The molecule has 1 aromatic carbocycles. The maximum Gasteiger partial charge on any atom is 0.240 e. The second-order valence-electron chi connectivity index (χ2n) is 4.23. The number of ether oxygens (including phenoxy) is 1. The van der Waals surface area contributed by atoms with Crippen LogP contribution in [0.4, 0.5) is 0 Å². The number of hydrogen-bond donors (Lipinski definition) is 1. The van der Waals surface area contributed by atoms with E-state index in [1.807, 2.05) is 31.2 Å². The lowest BCUT2D eigenvalue weighted by molar-refractivity contribution is 0.330. The van der Waals surface area contributed by atoms with E-state index in [1.54, 1.807) is 0 Å². The minimum absolute atomic E-state index is 0.0836. The summed E-state index contributed by atoms with van der Waals surface area (Å²) < 4.78 is 10.8. The summed E-state index contributed by atoms with van der Waals surface area (Å²) in [5.41, 5.74) is 1.13. The van der Waals surface area contributed by atoms with Gasteiger partial charge in [0, 0.05) is 5.56 Å². The molecule has 2 aromatic rings. The van der Waals surface area contributed by atoms with Gasteiger partial charge in [0.05, 0.1) is 12.5 Å². The van der Waals surface area contributed by atoms with E-state index >= 15 is 0 Å². The van der Waals surface area contributed by atoms with Crippen LogP contribution in [0.15, 0.2) is 28.8 Å². The molecule has 94 valence electrons. The number of rotatable bonds is 4. The lowest BCUT2D eigenvalue weighted by atomic mass is 10.0. The molecule has 0 radical (unpaired) electrons. The first-order chi connectivity index (χ1) is 8.88. The fourth-order valence-corrected chi connectivity index (χ4v) is 2.09. The second-order valence-corrected chi connectivity index (χ2v) is 4.23. The van der Waals surface area contributed by atoms with E-state index < -0.39 is 0 Å². The minimum atomic E-state index is 0.0836. The van der Waals surface area contributed by atoms with Gasteiger partial charge in [0.15, 0.2) is 5.82 Å². The zero-order valence-corrected chi connectivity index (χ0v) is 10.2. The Morgan fingerprint density at radius 3 is 3.17 bits per heavy atom. The number of fused-ring (bicyclic) bond motifs is 1. The molecule has 2 heterocycles. The Bertz CT molecular complexity index is 539. The van der Waals surface area contributed by atoms with E-state index in [-0.39, 0.29) is 5.92 Å². The molecule has 0 bridgehead atoms. The predicted molar refractivity (Wildman–Crippen MR) is 65.5 cm³/mol. The van der Waals surface area contributed by atoms with E-state index in [0.717, 1.165) is 17.9 Å². The van der Waals surface area contributed by atoms with Crippen LogP contribution in [0.2, 0.25) is 0 Å². The van der Waals surface area contributed by atoms with Crippen molar-refractivity contribution in [2.24, 2.45) is 0 Å². The van der Waals surface area contributed by atoms with E-state index in [4.69, 9.17) is 9.26 Å². The fraction of sp³-hybridized carbons (Fsp3) is 0.385. The summed E-state index contributed by atoms with van der Waals surface area (Å²) in [5, 5.41) is 7.20. The van der Waals surface area contributed by atoms with Crippen molar-refractivity contribution >= 4 is 0 Å². The third kappa shape index (κ3) is 1.97. The molecule has 0 aliphatic carbocycles. The number of hydrogen-bond acceptors (Lipinski definition) is 5. The monoisotopic (exact) mass is 245 g/mol. The van der Waals surface area contributed by atoms with Gasteiger partial charge >= 0.3 is 0 Å². The highest BCUT2D eigenvalue weighted by Crippen LogP contribution is 2.36. The summed E-state index contributed by atoms with van der Waals surface area (Å²) in [4.78, 5) is 4.41. The average molecular weight is 245 g/mol. The Hall–Kier alpha value is -1.88. The summed E-state index contributed by atoms with van der Waals surface area (Å²) in [5.74, 6) is 2.32. The number of benzene rings is 1. The summed E-state index contributed by atoms with van der Waals surface area (Å²) in [6.45, 7) is 4.11. The van der Waals surface area contributed by atoms with Gasteiger partial charge in [0.1, 0.15) is 12.4 Å². The first-order valence-electron chi connectivity index (χ1n) is 6.13. The molecule has 1 atom stereocenters. The van der Waals surface area contributed by atoms with Crippen LogP contribution in [0.1, 0.15) is 30.1 Å². The molecular weight excluding hydrogens is 230 g/mol. The van der Waals surface area contributed by atoms with Crippen molar-refractivity contribution in [2.45, 2.75) is 19.4 Å². The third-order valence-corrected chi connectivity index (χ3v) is 3.02. The van der Waals surface area contributed by atoms with Crippen LogP contribution in [-0.4, -0.2) is 23.3 Å². The molecule has 3 rings (SSSR count). The van der Waals surface area contributed by atoms with Crippen LogP contribution in [0.3, 0.4) is 0 Å². The van der Waals surface area contributed by atoms with Crippen molar-refractivity contribution in [3.05, 3.63) is 41.5 Å². The van der Waals surface area contributed by atoms with Crippen LogP contribution >= 0.6 is 0 Å². The highest BCUT2D eigenvalue weighted by atomic mass is 16.5. The highest BCUT2D eigenvalue weighted by Gasteiger charge is 2.29. The van der Waals surface area contributed by atoms with Gasteiger partial charge in [-0.3, -0.25) is 0 Å². The molecule has 1 aliphatic rings. The SMILES string of the molecule is CCNCc1nc(C2COc3ccccc32)no1. The molecular formula is C13H15N3O2. The Balaban J connectivity index is 1.82. The summed E-state index contributed by atoms with van der Waals surface area (Å²) >= 11 is 0. The maximum absolute atomic E-state index is 5.62. The van der Waals surface area contributed by atoms with Crippen LogP contribution in [0, 0.1) is 0 Å². The van der Waals surface area contributed by atoms with Crippen LogP contribution in [0.25, 0.3) is 0 Å². The maximum atomic E-state index is 5.62. The van der Waals surface area contributed by atoms with Crippen molar-refractivity contribution in [3.8, 4) is 5.75 Å². The quantitative estimate of drug-likeness (QED) is 0.888. The Morgan fingerprint density at radius 2 is 2.28 bits per heavy atom. The molecule has 18 heavy (non-hydrogen) atoms. The normalized spacial score (nSPS) is 17.5. The molecule has 0 fully saturated rings. The molecule has 0 saturated heterocycles. The van der Waals surface area contributed by atoms with E-state index in [9.17, 15) is 0 Å². The lowest BCUT2D eigenvalue weighted by Crippen LogP contribution is -2.12. The highest BCUT2D eigenvalue weighted by molar-refractivity contribution is 5.42. The average Bonchev–Trinajstić information content (AvgIpc) is 3.02. The first kappa shape index (κ1) is 11.2. The van der Waals surface area contributed by atoms with Gasteiger partial charge in [-0.2, -0.15) is 4.98 Å². The Morgan fingerprint density at radius 1 is 1.39 bits per heavy atom. The molecule has 0 amide bonds. The third-order valence-electron chi connectivity index (χ3n) is 3.02. The van der Waals surface area contributed by atoms with Gasteiger partial charge < -0.3 is 14.6 Å². The second kappa shape index (κ2) is 4.78. The van der Waals surface area contributed by atoms with Crippen molar-refractivity contribution in [2.75, 3.05) is 13.2 Å². The van der Waals surface area contributed by atoms with Gasteiger partial charge in [0.2, 0.25) is 5.89 Å². The molecule has 0 spiro atoms. The number of para-hydroxylation sites is 1. The van der Waals surface area contributed by atoms with E-state index in [1.165, 1.54) is 0 Å². The van der Waals surface area contributed by atoms with Crippen molar-refractivity contribution in [3.63, 3.8) is 0 Å². The number of aromatic nitrogens is 2. The minimum Gasteiger partial charge on any atom is -0.492 e. The van der Waals surface area contributed by atoms with Gasteiger partial charge in [-0.05, 0) is 12.6 Å². The standard InChI is InChI=1S/C13H15N3O2/c1-2-14-7-12-15-13(16-18-12)10-8-17-11-6-4-3-5-9(10)11/h3-6,10,14H,2,7-8H2,1H3. The van der Waals surface area contributed by atoms with Crippen molar-refractivity contribution in [1.82, 2.24) is 15.5 Å². The zero-order chi connectivity index (χ0) is 12.4. The van der Waals surface area contributed by atoms with Crippen LogP contribution in [0.5, 0.6) is 5.75 Å². The zero-order valence-electron chi connectivity index (χ0n) is 10.2. The largest absolute Gasteiger partial charge is 0.492 e. The first-order valence-corrected chi connectivity index (χ1v) is 6.13. The molecule has 0 saturated carbocycles. The van der Waals surface area contributed by atoms with Gasteiger partial charge in [-0.15, -0.1) is 0 Å². The van der Waals surface area contributed by atoms with Crippen LogP contribution < -0.4 is 10.1 Å². The summed E-state index contributed by atoms with van der Waals surface area (Å²) in [6.07, 6.45) is 0. The Kier molecular flexibility index (Phi) is 2.98. The van der Waals surface area contributed by atoms with Crippen molar-refractivity contribution < 1.29 is 9.26 Å². The van der Waals surface area contributed by atoms with Gasteiger partial charge in [0.25, 0.3) is 0 Å². The molecule has 1 unspecified atom stereocenters. The molecule has 5 nitrogen and oxygen atoms in total. The number of nitrogens with zero attached hydrogens (tertiary/aromatic N) is 2. The van der Waals surface area contributed by atoms with Gasteiger partial charge in [-0.1, -0.05) is 30.3 Å². The number of nitrogens with one attached hydrogen (secondary N) is 1. The molecule has 1 aliphatic heterocycles. The Labute approximate surface area is 105 Å². The molecule has 1 N–H and O–H groups in total. The molecule has 5 heteroatoms. The van der Waals surface area contributed by atoms with Crippen molar-refractivity contribution in [1.29, 1.82) is 0 Å². The van der Waals surface area contributed by atoms with E-state index in [0.29, 0.717) is 24.9 Å². The summed E-state index contributed by atoms with van der Waals surface area (Å²) in [7, 11) is 0. The van der Waals surface area contributed by atoms with Crippen LogP contribution in [-0.2, 0) is 6.54 Å². The molecule has 1 aromatic heterocycles. The predicted octanol–water partition coefficient (Wildman–Crippen LogP) is 1.70.